The maximum atomic E-state index is 14.2. The number of halogens is 2. The number of para-hydroxylation sites is 1. The monoisotopic (exact) mass is 459 g/mol. The third-order valence-corrected chi connectivity index (χ3v) is 5.91. The largest absolute Gasteiger partial charge is 0.490 e. The number of aromatic nitrogens is 1. The third kappa shape index (κ3) is 4.44. The lowest BCUT2D eigenvalue weighted by atomic mass is 10.2. The fourth-order valence-electron chi connectivity index (χ4n) is 3.43. The van der Waals surface area contributed by atoms with Crippen molar-refractivity contribution in [1.29, 1.82) is 0 Å². The van der Waals surface area contributed by atoms with E-state index in [1.165, 1.54) is 11.0 Å². The van der Waals surface area contributed by atoms with Crippen LogP contribution >= 0.6 is 11.3 Å². The van der Waals surface area contributed by atoms with Crippen LogP contribution in [0.15, 0.2) is 40.8 Å². The summed E-state index contributed by atoms with van der Waals surface area (Å²) in [6.45, 7) is 3.42. The third-order valence-electron chi connectivity index (χ3n) is 4.88. The minimum absolute atomic E-state index is 0.0417. The Morgan fingerprint density at radius 1 is 1.19 bits per heavy atom. The van der Waals surface area contributed by atoms with E-state index >= 15 is 0 Å². The summed E-state index contributed by atoms with van der Waals surface area (Å²) in [6.07, 6.45) is 0.663. The number of benzene rings is 2. The first-order valence-corrected chi connectivity index (χ1v) is 11.1. The van der Waals surface area contributed by atoms with Crippen LogP contribution in [0.3, 0.4) is 0 Å². The molecule has 0 spiro atoms. The average molecular weight is 460 g/mol. The van der Waals surface area contributed by atoms with Crippen molar-refractivity contribution in [3.63, 3.8) is 0 Å². The fourth-order valence-corrected chi connectivity index (χ4v) is 4.46. The van der Waals surface area contributed by atoms with Crippen LogP contribution < -0.4 is 9.64 Å². The molecule has 168 valence electrons. The summed E-state index contributed by atoms with van der Waals surface area (Å²) in [7, 11) is 3.88. The molecule has 0 bridgehead atoms. The van der Waals surface area contributed by atoms with E-state index in [2.05, 4.69) is 4.98 Å². The second-order valence-corrected chi connectivity index (χ2v) is 8.57. The highest BCUT2D eigenvalue weighted by molar-refractivity contribution is 7.22. The number of hydrogen-bond acceptors (Lipinski definition) is 6. The highest BCUT2D eigenvalue weighted by atomic mass is 32.1. The number of nitrogens with zero attached hydrogens (tertiary/aromatic N) is 3. The maximum Gasteiger partial charge on any atom is 0.295 e. The number of amides is 1. The SMILES string of the molecule is CCOc1cccc2cc(C(=O)N(CCCN(C)C)c3nc4c(F)cc(F)cc4s3)oc12. The molecule has 0 saturated carbocycles. The van der Waals surface area contributed by atoms with E-state index in [9.17, 15) is 13.6 Å². The highest BCUT2D eigenvalue weighted by Crippen LogP contribution is 2.34. The number of fused-ring (bicyclic) bond motifs is 2. The van der Waals surface area contributed by atoms with Crippen molar-refractivity contribution in [2.45, 2.75) is 13.3 Å². The number of ether oxygens (including phenoxy) is 1. The van der Waals surface area contributed by atoms with Crippen LogP contribution in [0.5, 0.6) is 5.75 Å². The lowest BCUT2D eigenvalue weighted by Crippen LogP contribution is -2.33. The zero-order valence-corrected chi connectivity index (χ0v) is 18.8. The van der Waals surface area contributed by atoms with Gasteiger partial charge in [-0.3, -0.25) is 9.69 Å². The Balaban J connectivity index is 1.73. The predicted molar refractivity (Wildman–Crippen MR) is 122 cm³/mol. The molecule has 2 aromatic carbocycles. The molecule has 0 saturated heterocycles. The quantitative estimate of drug-likeness (QED) is 0.357. The number of carbonyl (C=O) groups is 1. The maximum absolute atomic E-state index is 14.2. The number of hydrogen-bond donors (Lipinski definition) is 0. The van der Waals surface area contributed by atoms with Gasteiger partial charge in [-0.2, -0.15) is 0 Å². The second-order valence-electron chi connectivity index (χ2n) is 7.56. The van der Waals surface area contributed by atoms with Crippen LogP contribution in [0.2, 0.25) is 0 Å². The highest BCUT2D eigenvalue weighted by Gasteiger charge is 2.26. The fraction of sp³-hybridized carbons (Fsp3) is 0.304. The van der Waals surface area contributed by atoms with Crippen molar-refractivity contribution >= 4 is 43.6 Å². The molecule has 0 unspecified atom stereocenters. The van der Waals surface area contributed by atoms with E-state index in [1.54, 1.807) is 12.1 Å². The second kappa shape index (κ2) is 9.22. The van der Waals surface area contributed by atoms with Gasteiger partial charge in [0.15, 0.2) is 28.0 Å². The van der Waals surface area contributed by atoms with Crippen molar-refractivity contribution in [1.82, 2.24) is 9.88 Å². The molecule has 0 atom stereocenters. The van der Waals surface area contributed by atoms with E-state index < -0.39 is 17.5 Å². The van der Waals surface area contributed by atoms with Crippen LogP contribution in [0.1, 0.15) is 23.9 Å². The lowest BCUT2D eigenvalue weighted by Gasteiger charge is -2.19. The molecule has 6 nitrogen and oxygen atoms in total. The number of thiazole rings is 1. The van der Waals surface area contributed by atoms with Gasteiger partial charge < -0.3 is 14.1 Å². The molecule has 2 heterocycles. The summed E-state index contributed by atoms with van der Waals surface area (Å²) in [5.41, 5.74) is 0.531. The Morgan fingerprint density at radius 2 is 2.00 bits per heavy atom. The van der Waals surface area contributed by atoms with Gasteiger partial charge in [-0.25, -0.2) is 13.8 Å². The zero-order valence-electron chi connectivity index (χ0n) is 18.0. The van der Waals surface area contributed by atoms with Gasteiger partial charge in [-0.15, -0.1) is 0 Å². The van der Waals surface area contributed by atoms with E-state index in [1.807, 2.05) is 38.1 Å². The number of furan rings is 1. The molecule has 0 radical (unpaired) electrons. The first kappa shape index (κ1) is 22.2. The van der Waals surface area contributed by atoms with E-state index in [-0.39, 0.29) is 11.3 Å². The summed E-state index contributed by atoms with van der Waals surface area (Å²) in [5, 5.41) is 1.03. The topological polar surface area (TPSA) is 58.8 Å². The van der Waals surface area contributed by atoms with Crippen molar-refractivity contribution in [3.8, 4) is 5.75 Å². The standard InChI is InChI=1S/C23H23F2N3O3S/c1-4-30-17-8-5-7-14-11-18(31-21(14)17)22(29)28(10-6-9-27(2)3)23-26-20-16(25)12-15(24)13-19(20)32-23/h5,7-8,11-13H,4,6,9-10H2,1-3H3. The normalized spacial score (nSPS) is 11.6. The molecule has 0 fully saturated rings. The summed E-state index contributed by atoms with van der Waals surface area (Å²) in [6, 6.07) is 9.12. The summed E-state index contributed by atoms with van der Waals surface area (Å²) >= 11 is 1.07. The minimum atomic E-state index is -0.756. The Labute approximate surface area is 188 Å². The molecule has 32 heavy (non-hydrogen) atoms. The summed E-state index contributed by atoms with van der Waals surface area (Å²) in [5.74, 6) is -1.16. The van der Waals surface area contributed by atoms with E-state index in [0.29, 0.717) is 40.7 Å². The predicted octanol–water partition coefficient (Wildman–Crippen LogP) is 5.32. The van der Waals surface area contributed by atoms with Gasteiger partial charge in [-0.1, -0.05) is 23.5 Å². The molecule has 9 heteroatoms. The van der Waals surface area contributed by atoms with Crippen LogP contribution in [-0.4, -0.2) is 49.6 Å². The molecule has 0 N–H and O–H groups in total. The Bertz CT molecular complexity index is 1270. The van der Waals surface area contributed by atoms with Crippen molar-refractivity contribution in [2.75, 3.05) is 38.7 Å². The van der Waals surface area contributed by atoms with Crippen LogP contribution in [0, 0.1) is 11.6 Å². The molecule has 4 aromatic rings. The molecule has 1 amide bonds. The van der Waals surface area contributed by atoms with Gasteiger partial charge in [-0.05, 0) is 52.2 Å². The molecular weight excluding hydrogens is 436 g/mol. The Morgan fingerprint density at radius 3 is 2.75 bits per heavy atom. The van der Waals surface area contributed by atoms with E-state index in [0.717, 1.165) is 29.3 Å². The Hall–Kier alpha value is -3.04. The molecule has 0 aliphatic carbocycles. The average Bonchev–Trinajstić information content (AvgIpc) is 3.36. The molecule has 4 rings (SSSR count). The van der Waals surface area contributed by atoms with Crippen LogP contribution in [-0.2, 0) is 0 Å². The number of anilines is 1. The van der Waals surface area contributed by atoms with Gasteiger partial charge >= 0.3 is 0 Å². The Kier molecular flexibility index (Phi) is 6.38. The van der Waals surface area contributed by atoms with Crippen molar-refractivity contribution < 1.29 is 22.7 Å². The summed E-state index contributed by atoms with van der Waals surface area (Å²) < 4.78 is 39.7. The van der Waals surface area contributed by atoms with Gasteiger partial charge in [0.1, 0.15) is 11.3 Å². The molecule has 0 aliphatic rings. The zero-order chi connectivity index (χ0) is 22.8. The first-order valence-electron chi connectivity index (χ1n) is 10.2. The molecule has 0 aliphatic heterocycles. The number of rotatable bonds is 8. The van der Waals surface area contributed by atoms with Gasteiger partial charge in [0, 0.05) is 18.0 Å². The van der Waals surface area contributed by atoms with Gasteiger partial charge in [0.2, 0.25) is 0 Å². The van der Waals surface area contributed by atoms with Crippen molar-refractivity contribution in [2.24, 2.45) is 0 Å². The van der Waals surface area contributed by atoms with Gasteiger partial charge in [0.05, 0.1) is 11.3 Å². The molecular formula is C23H23F2N3O3S. The van der Waals surface area contributed by atoms with Crippen LogP contribution in [0.4, 0.5) is 13.9 Å². The van der Waals surface area contributed by atoms with Crippen LogP contribution in [0.25, 0.3) is 21.2 Å². The first-order chi connectivity index (χ1) is 15.4. The summed E-state index contributed by atoms with van der Waals surface area (Å²) in [4.78, 5) is 21.2. The molecule has 2 aromatic heterocycles. The number of carbonyl (C=O) groups excluding carboxylic acids is 1. The smallest absolute Gasteiger partial charge is 0.295 e. The van der Waals surface area contributed by atoms with E-state index in [4.69, 9.17) is 9.15 Å². The van der Waals surface area contributed by atoms with Crippen molar-refractivity contribution in [3.05, 3.63) is 53.8 Å². The van der Waals surface area contributed by atoms with Gasteiger partial charge in [0.25, 0.3) is 5.91 Å². The lowest BCUT2D eigenvalue weighted by molar-refractivity contribution is 0.0961. The minimum Gasteiger partial charge on any atom is -0.490 e.